The molecule has 2 heteroatoms. The number of nitrogens with zero attached hydrogens (tertiary/aromatic N) is 1. The zero-order valence-electron chi connectivity index (χ0n) is 10.9. The third kappa shape index (κ3) is 3.69. The van der Waals surface area contributed by atoms with Crippen LogP contribution < -0.4 is 0 Å². The van der Waals surface area contributed by atoms with E-state index in [1.165, 1.54) is 0 Å². The van der Waals surface area contributed by atoms with Crippen molar-refractivity contribution in [1.82, 2.24) is 4.90 Å². The Morgan fingerprint density at radius 3 is 1.73 bits per heavy atom. The molecule has 0 N–H and O–H groups in total. The Morgan fingerprint density at radius 1 is 1.07 bits per heavy atom. The maximum absolute atomic E-state index is 12.2. The first-order chi connectivity index (χ1) is 6.82. The molecule has 2 nitrogen and oxygen atoms in total. The highest BCUT2D eigenvalue weighted by Gasteiger charge is 2.27. The highest BCUT2D eigenvalue weighted by Crippen LogP contribution is 2.18. The van der Waals surface area contributed by atoms with Gasteiger partial charge in [0.05, 0.1) is 0 Å². The van der Waals surface area contributed by atoms with Crippen molar-refractivity contribution in [2.45, 2.75) is 53.6 Å². The van der Waals surface area contributed by atoms with E-state index in [-0.39, 0.29) is 29.8 Å². The molecule has 0 spiro atoms. The van der Waals surface area contributed by atoms with Crippen LogP contribution in [0.3, 0.4) is 0 Å². The highest BCUT2D eigenvalue weighted by molar-refractivity contribution is 5.79. The van der Waals surface area contributed by atoms with Crippen LogP contribution >= 0.6 is 0 Å². The minimum absolute atomic E-state index is 0.0206. The predicted octanol–water partition coefficient (Wildman–Crippen LogP) is 3.09. The lowest BCUT2D eigenvalue weighted by molar-refractivity contribution is -0.139. The maximum Gasteiger partial charge on any atom is 0.226 e. The van der Waals surface area contributed by atoms with Crippen LogP contribution in [0, 0.1) is 11.8 Å². The zero-order chi connectivity index (χ0) is 12.2. The molecule has 0 aromatic rings. The van der Waals surface area contributed by atoms with Gasteiger partial charge in [0, 0.05) is 18.0 Å². The first-order valence-corrected chi connectivity index (χ1v) is 5.77. The molecule has 2 atom stereocenters. The molecule has 0 heterocycles. The fourth-order valence-electron chi connectivity index (χ4n) is 1.77. The summed E-state index contributed by atoms with van der Waals surface area (Å²) in [7, 11) is 0. The average Bonchev–Trinajstić information content (AvgIpc) is 2.14. The minimum atomic E-state index is 0.0206. The van der Waals surface area contributed by atoms with E-state index in [0.29, 0.717) is 0 Å². The molecule has 88 valence electrons. The van der Waals surface area contributed by atoms with Crippen molar-refractivity contribution >= 4 is 5.91 Å². The summed E-state index contributed by atoms with van der Waals surface area (Å²) in [6, 6.07) is 0.522. The molecule has 0 fully saturated rings. The second kappa shape index (κ2) is 5.94. The fraction of sp³-hybridized carbons (Fsp3) is 0.769. The van der Waals surface area contributed by atoms with E-state index in [0.717, 1.165) is 0 Å². The monoisotopic (exact) mass is 211 g/mol. The van der Waals surface area contributed by atoms with Gasteiger partial charge in [-0.15, -0.1) is 6.58 Å². The highest BCUT2D eigenvalue weighted by atomic mass is 16.2. The molecule has 0 saturated heterocycles. The van der Waals surface area contributed by atoms with Gasteiger partial charge in [-0.3, -0.25) is 4.79 Å². The summed E-state index contributed by atoms with van der Waals surface area (Å²) < 4.78 is 0. The van der Waals surface area contributed by atoms with E-state index in [9.17, 15) is 4.79 Å². The molecule has 0 aromatic heterocycles. The Labute approximate surface area is 94.4 Å². The lowest BCUT2D eigenvalue weighted by Crippen LogP contribution is -2.45. The lowest BCUT2D eigenvalue weighted by Gasteiger charge is -2.34. The summed E-state index contributed by atoms with van der Waals surface area (Å²) in [5, 5.41) is 0. The molecule has 0 aliphatic rings. The minimum Gasteiger partial charge on any atom is -0.338 e. The van der Waals surface area contributed by atoms with E-state index < -0.39 is 0 Å². The van der Waals surface area contributed by atoms with Gasteiger partial charge in [0.2, 0.25) is 5.91 Å². The molecule has 0 radical (unpaired) electrons. The lowest BCUT2D eigenvalue weighted by atomic mass is 9.94. The summed E-state index contributed by atoms with van der Waals surface area (Å²) in [5.74, 6) is 0.484. The first-order valence-electron chi connectivity index (χ1n) is 5.77. The number of carbonyl (C=O) groups excluding carboxylic acids is 1. The van der Waals surface area contributed by atoms with Crippen molar-refractivity contribution in [2.24, 2.45) is 11.8 Å². The molecule has 0 aromatic carbocycles. The number of amides is 1. The Morgan fingerprint density at radius 2 is 1.47 bits per heavy atom. The molecule has 0 saturated carbocycles. The topological polar surface area (TPSA) is 20.3 Å². The number of allylic oxidation sites excluding steroid dienone is 1. The molecule has 0 rings (SSSR count). The van der Waals surface area contributed by atoms with E-state index in [1.807, 2.05) is 24.8 Å². The molecule has 0 aliphatic carbocycles. The summed E-state index contributed by atoms with van der Waals surface area (Å²) in [4.78, 5) is 14.2. The van der Waals surface area contributed by atoms with Crippen LogP contribution in [0.5, 0.6) is 0 Å². The quantitative estimate of drug-likeness (QED) is 0.640. The van der Waals surface area contributed by atoms with Gasteiger partial charge in [0.25, 0.3) is 0 Å². The van der Waals surface area contributed by atoms with Gasteiger partial charge in [0.15, 0.2) is 0 Å². The predicted molar refractivity (Wildman–Crippen MR) is 65.6 cm³/mol. The van der Waals surface area contributed by atoms with Gasteiger partial charge >= 0.3 is 0 Å². The SMILES string of the molecule is C=C[C@@H](C)[C@@H](C)C(=O)N(C(C)C)C(C)C. The van der Waals surface area contributed by atoms with Crippen LogP contribution in [0.15, 0.2) is 12.7 Å². The zero-order valence-corrected chi connectivity index (χ0v) is 10.9. The Kier molecular flexibility index (Phi) is 5.63. The van der Waals surface area contributed by atoms with Crippen LogP contribution in [-0.4, -0.2) is 22.9 Å². The normalized spacial score (nSPS) is 15.2. The van der Waals surface area contributed by atoms with Crippen molar-refractivity contribution in [2.75, 3.05) is 0 Å². The second-order valence-electron chi connectivity index (χ2n) is 4.82. The van der Waals surface area contributed by atoms with Crippen molar-refractivity contribution in [3.05, 3.63) is 12.7 Å². The van der Waals surface area contributed by atoms with Crippen LogP contribution in [0.2, 0.25) is 0 Å². The average molecular weight is 211 g/mol. The number of rotatable bonds is 5. The van der Waals surface area contributed by atoms with Gasteiger partial charge in [-0.25, -0.2) is 0 Å². The fourth-order valence-corrected chi connectivity index (χ4v) is 1.77. The number of hydrogen-bond acceptors (Lipinski definition) is 1. The van der Waals surface area contributed by atoms with Crippen molar-refractivity contribution in [3.8, 4) is 0 Å². The third-order valence-corrected chi connectivity index (χ3v) is 2.92. The van der Waals surface area contributed by atoms with Crippen molar-refractivity contribution in [3.63, 3.8) is 0 Å². The summed E-state index contributed by atoms with van der Waals surface area (Å²) in [6.45, 7) is 16.0. The van der Waals surface area contributed by atoms with Crippen LogP contribution in [0.25, 0.3) is 0 Å². The smallest absolute Gasteiger partial charge is 0.226 e. The summed E-state index contributed by atoms with van der Waals surface area (Å²) >= 11 is 0. The standard InChI is InChI=1S/C13H25NO/c1-8-11(6)12(7)13(15)14(9(2)3)10(4)5/h8-12H,1H2,2-7H3/t11-,12-/m1/s1. The summed E-state index contributed by atoms with van der Waals surface area (Å²) in [6.07, 6.45) is 1.85. The van der Waals surface area contributed by atoms with Gasteiger partial charge in [-0.1, -0.05) is 19.9 Å². The van der Waals surface area contributed by atoms with Gasteiger partial charge < -0.3 is 4.90 Å². The number of carbonyl (C=O) groups is 1. The number of hydrogen-bond donors (Lipinski definition) is 0. The van der Waals surface area contributed by atoms with E-state index in [1.54, 1.807) is 0 Å². The third-order valence-electron chi connectivity index (χ3n) is 2.92. The molecule has 0 aliphatic heterocycles. The van der Waals surface area contributed by atoms with E-state index in [2.05, 4.69) is 34.3 Å². The largest absolute Gasteiger partial charge is 0.338 e. The molecule has 1 amide bonds. The second-order valence-corrected chi connectivity index (χ2v) is 4.82. The molecule has 15 heavy (non-hydrogen) atoms. The molecule has 0 unspecified atom stereocenters. The van der Waals surface area contributed by atoms with Gasteiger partial charge in [-0.05, 0) is 33.6 Å². The Bertz CT molecular complexity index is 213. The molecular weight excluding hydrogens is 186 g/mol. The van der Waals surface area contributed by atoms with E-state index >= 15 is 0 Å². The van der Waals surface area contributed by atoms with Crippen molar-refractivity contribution < 1.29 is 4.79 Å². The van der Waals surface area contributed by atoms with Crippen LogP contribution in [0.1, 0.15) is 41.5 Å². The molecular formula is C13H25NO. The van der Waals surface area contributed by atoms with Crippen LogP contribution in [-0.2, 0) is 4.79 Å². The van der Waals surface area contributed by atoms with Gasteiger partial charge in [0.1, 0.15) is 0 Å². The van der Waals surface area contributed by atoms with Crippen molar-refractivity contribution in [1.29, 1.82) is 0 Å². The Balaban J connectivity index is 4.71. The molecule has 0 bridgehead atoms. The Hall–Kier alpha value is -0.790. The van der Waals surface area contributed by atoms with E-state index in [4.69, 9.17) is 0 Å². The maximum atomic E-state index is 12.2. The summed E-state index contributed by atoms with van der Waals surface area (Å²) in [5.41, 5.74) is 0. The van der Waals surface area contributed by atoms with Gasteiger partial charge in [-0.2, -0.15) is 0 Å². The first kappa shape index (κ1) is 14.2. The van der Waals surface area contributed by atoms with Crippen LogP contribution in [0.4, 0.5) is 0 Å².